The molecular formula is C10H6N6O4. The molecule has 1 aromatic heterocycles. The molecule has 0 bridgehead atoms. The Kier molecular flexibility index (Phi) is 3.26. The first-order valence-electron chi connectivity index (χ1n) is 5.11. The number of nitrogens with two attached hydrogens (primary N) is 1. The molecule has 0 fully saturated rings. The number of non-ortho nitro benzene ring substituents is 1. The smallest absolute Gasteiger partial charge is 0.281 e. The highest BCUT2D eigenvalue weighted by Gasteiger charge is 2.18. The maximum absolute atomic E-state index is 11.8. The molecule has 0 spiro atoms. The van der Waals surface area contributed by atoms with Crippen molar-refractivity contribution in [3.63, 3.8) is 0 Å². The Morgan fingerprint density at radius 3 is 2.80 bits per heavy atom. The number of nitrogens with one attached hydrogen (secondary N) is 1. The van der Waals surface area contributed by atoms with Crippen LogP contribution in [-0.4, -0.2) is 21.1 Å². The molecule has 100 valence electrons. The Hall–Kier alpha value is -3.48. The van der Waals surface area contributed by atoms with E-state index in [-0.39, 0.29) is 28.5 Å². The van der Waals surface area contributed by atoms with Gasteiger partial charge in [-0.1, -0.05) is 0 Å². The van der Waals surface area contributed by atoms with E-state index in [0.717, 1.165) is 12.1 Å². The van der Waals surface area contributed by atoms with E-state index in [4.69, 9.17) is 11.0 Å². The van der Waals surface area contributed by atoms with Crippen molar-refractivity contribution in [1.29, 1.82) is 5.26 Å². The highest BCUT2D eigenvalue weighted by molar-refractivity contribution is 6.06. The van der Waals surface area contributed by atoms with Crippen LogP contribution in [0, 0.1) is 21.4 Å². The number of hydrogen-bond donors (Lipinski definition) is 2. The monoisotopic (exact) mass is 274 g/mol. The van der Waals surface area contributed by atoms with Gasteiger partial charge in [0.2, 0.25) is 11.5 Å². The van der Waals surface area contributed by atoms with Gasteiger partial charge in [-0.2, -0.15) is 5.26 Å². The summed E-state index contributed by atoms with van der Waals surface area (Å²) in [5.41, 5.74) is 4.86. The number of nitro benzene ring substituents is 1. The Labute approximate surface area is 110 Å². The lowest BCUT2D eigenvalue weighted by atomic mass is 10.1. The predicted octanol–water partition coefficient (Wildman–Crippen LogP) is 0.684. The molecule has 1 heterocycles. The van der Waals surface area contributed by atoms with Crippen LogP contribution in [0.1, 0.15) is 16.1 Å². The van der Waals surface area contributed by atoms with Crippen molar-refractivity contribution in [2.45, 2.75) is 0 Å². The van der Waals surface area contributed by atoms with Gasteiger partial charge in [0.1, 0.15) is 6.07 Å². The number of nitro groups is 1. The number of benzene rings is 1. The van der Waals surface area contributed by atoms with E-state index in [1.807, 2.05) is 0 Å². The normalized spacial score (nSPS) is 9.75. The van der Waals surface area contributed by atoms with E-state index < -0.39 is 10.8 Å². The summed E-state index contributed by atoms with van der Waals surface area (Å²) in [4.78, 5) is 21.7. The van der Waals surface area contributed by atoms with Crippen LogP contribution >= 0.6 is 0 Å². The van der Waals surface area contributed by atoms with Gasteiger partial charge in [-0.15, -0.1) is 0 Å². The molecule has 0 unspecified atom stereocenters. The Bertz CT molecular complexity index is 732. The van der Waals surface area contributed by atoms with Gasteiger partial charge in [0.25, 0.3) is 11.6 Å². The van der Waals surface area contributed by atoms with Crippen molar-refractivity contribution in [3.8, 4) is 6.07 Å². The maximum Gasteiger partial charge on any atom is 0.281 e. The lowest BCUT2D eigenvalue weighted by Crippen LogP contribution is -2.15. The summed E-state index contributed by atoms with van der Waals surface area (Å²) in [5, 5.41) is 28.4. The topological polar surface area (TPSA) is 161 Å². The molecule has 0 saturated carbocycles. The molecule has 2 rings (SSSR count). The van der Waals surface area contributed by atoms with Crippen molar-refractivity contribution in [2.24, 2.45) is 0 Å². The van der Waals surface area contributed by atoms with E-state index >= 15 is 0 Å². The van der Waals surface area contributed by atoms with Gasteiger partial charge in [0.15, 0.2) is 0 Å². The molecule has 10 heteroatoms. The Morgan fingerprint density at radius 2 is 2.25 bits per heavy atom. The van der Waals surface area contributed by atoms with E-state index in [1.165, 1.54) is 6.07 Å². The first kappa shape index (κ1) is 13.0. The quantitative estimate of drug-likeness (QED) is 0.609. The van der Waals surface area contributed by atoms with E-state index in [2.05, 4.69) is 20.3 Å². The molecule has 2 aromatic rings. The van der Waals surface area contributed by atoms with Crippen molar-refractivity contribution < 1.29 is 14.3 Å². The van der Waals surface area contributed by atoms with E-state index in [0.29, 0.717) is 0 Å². The number of amides is 1. The number of nitriles is 1. The number of hydrogen-bond acceptors (Lipinski definition) is 8. The van der Waals surface area contributed by atoms with Gasteiger partial charge in [-0.05, 0) is 16.4 Å². The summed E-state index contributed by atoms with van der Waals surface area (Å²) >= 11 is 0. The Balaban J connectivity index is 2.31. The maximum atomic E-state index is 11.8. The third-order valence-corrected chi connectivity index (χ3v) is 2.31. The molecular weight excluding hydrogens is 268 g/mol. The van der Waals surface area contributed by atoms with E-state index in [9.17, 15) is 14.9 Å². The zero-order valence-electron chi connectivity index (χ0n) is 9.73. The van der Waals surface area contributed by atoms with Crippen LogP contribution in [0.15, 0.2) is 22.8 Å². The highest BCUT2D eigenvalue weighted by atomic mass is 16.6. The molecule has 20 heavy (non-hydrogen) atoms. The first-order chi connectivity index (χ1) is 9.52. The Morgan fingerprint density at radius 1 is 1.50 bits per heavy atom. The minimum Gasteiger partial charge on any atom is -0.379 e. The molecule has 0 radical (unpaired) electrons. The van der Waals surface area contributed by atoms with Crippen LogP contribution in [0.4, 0.5) is 17.2 Å². The van der Waals surface area contributed by atoms with Gasteiger partial charge in [0, 0.05) is 12.1 Å². The van der Waals surface area contributed by atoms with Gasteiger partial charge >= 0.3 is 0 Å². The average molecular weight is 274 g/mol. The number of anilines is 2. The molecule has 1 aromatic carbocycles. The van der Waals surface area contributed by atoms with Crippen LogP contribution in [0.5, 0.6) is 0 Å². The number of aromatic nitrogens is 2. The zero-order chi connectivity index (χ0) is 14.7. The van der Waals surface area contributed by atoms with Crippen LogP contribution in [0.25, 0.3) is 0 Å². The minimum absolute atomic E-state index is 0.0671. The summed E-state index contributed by atoms with van der Waals surface area (Å²) in [5.74, 6) is -0.947. The van der Waals surface area contributed by atoms with Gasteiger partial charge in [-0.3, -0.25) is 14.9 Å². The average Bonchev–Trinajstić information content (AvgIpc) is 2.85. The van der Waals surface area contributed by atoms with Gasteiger partial charge in [0.05, 0.1) is 16.2 Å². The summed E-state index contributed by atoms with van der Waals surface area (Å²) in [6.45, 7) is 0. The second-order valence-electron chi connectivity index (χ2n) is 3.55. The predicted molar refractivity (Wildman–Crippen MR) is 64.5 cm³/mol. The molecule has 0 atom stereocenters. The molecule has 3 N–H and O–H groups in total. The number of rotatable bonds is 3. The summed E-state index contributed by atoms with van der Waals surface area (Å²) in [6, 6.07) is 5.18. The summed E-state index contributed by atoms with van der Waals surface area (Å²) in [6.07, 6.45) is 0. The zero-order valence-corrected chi connectivity index (χ0v) is 9.73. The first-order valence-corrected chi connectivity index (χ1v) is 5.11. The van der Waals surface area contributed by atoms with Gasteiger partial charge in [-0.25, -0.2) is 4.63 Å². The molecule has 0 saturated heterocycles. The molecule has 0 aliphatic rings. The fourth-order valence-electron chi connectivity index (χ4n) is 1.38. The van der Waals surface area contributed by atoms with Crippen molar-refractivity contribution >= 4 is 23.1 Å². The number of nitrogen functional groups attached to an aromatic ring is 1. The van der Waals surface area contributed by atoms with Gasteiger partial charge < -0.3 is 11.1 Å². The highest BCUT2D eigenvalue weighted by Crippen LogP contribution is 2.22. The molecule has 0 aliphatic carbocycles. The van der Waals surface area contributed by atoms with Crippen LogP contribution in [0.3, 0.4) is 0 Å². The summed E-state index contributed by atoms with van der Waals surface area (Å²) < 4.78 is 4.27. The van der Waals surface area contributed by atoms with Crippen molar-refractivity contribution in [1.82, 2.24) is 10.3 Å². The molecule has 10 nitrogen and oxygen atoms in total. The SMILES string of the molecule is N#Cc1cc([N+](=O)[O-])ccc1NC(=O)c1nonc1N. The van der Waals surface area contributed by atoms with Crippen LogP contribution < -0.4 is 11.1 Å². The molecule has 0 aliphatic heterocycles. The lowest BCUT2D eigenvalue weighted by Gasteiger charge is -2.04. The van der Waals surface area contributed by atoms with Crippen molar-refractivity contribution in [3.05, 3.63) is 39.6 Å². The fraction of sp³-hybridized carbons (Fsp3) is 0. The fourth-order valence-corrected chi connectivity index (χ4v) is 1.38. The van der Waals surface area contributed by atoms with Crippen molar-refractivity contribution in [2.75, 3.05) is 11.1 Å². The minimum atomic E-state index is -0.742. The number of carbonyl (C=O) groups is 1. The number of carbonyl (C=O) groups excluding carboxylic acids is 1. The second-order valence-corrected chi connectivity index (χ2v) is 3.55. The van der Waals surface area contributed by atoms with Crippen LogP contribution in [-0.2, 0) is 0 Å². The number of nitrogens with zero attached hydrogens (tertiary/aromatic N) is 4. The summed E-state index contributed by atoms with van der Waals surface area (Å²) in [7, 11) is 0. The third-order valence-electron chi connectivity index (χ3n) is 2.31. The largest absolute Gasteiger partial charge is 0.379 e. The van der Waals surface area contributed by atoms with E-state index in [1.54, 1.807) is 6.07 Å². The standard InChI is InChI=1S/C10H6N6O4/c11-4-5-3-6(16(18)19)1-2-7(5)13-10(17)8-9(12)15-20-14-8/h1-3H,(H2,12,15)(H,13,17). The third kappa shape index (κ3) is 2.36. The van der Waals surface area contributed by atoms with Crippen LogP contribution in [0.2, 0.25) is 0 Å². The second kappa shape index (κ2) is 5.02. The lowest BCUT2D eigenvalue weighted by molar-refractivity contribution is -0.384. The molecule has 1 amide bonds.